The molecule has 1 atom stereocenters. The van der Waals surface area contributed by atoms with Gasteiger partial charge in [0.25, 0.3) is 0 Å². The number of hydrogen-bond acceptors (Lipinski definition) is 3. The van der Waals surface area contributed by atoms with Gasteiger partial charge in [-0.05, 0) is 11.8 Å². The van der Waals surface area contributed by atoms with E-state index in [1.165, 1.54) is 0 Å². The van der Waals surface area contributed by atoms with E-state index < -0.39 is 27.4 Å². The summed E-state index contributed by atoms with van der Waals surface area (Å²) in [5, 5.41) is 8.97. The van der Waals surface area contributed by atoms with E-state index in [0.717, 1.165) is 6.42 Å². The fourth-order valence-corrected chi connectivity index (χ4v) is 2.77. The van der Waals surface area contributed by atoms with E-state index in [9.17, 15) is 13.2 Å². The molecule has 0 aromatic heterocycles. The van der Waals surface area contributed by atoms with Crippen LogP contribution in [0.4, 0.5) is 0 Å². The lowest BCUT2D eigenvalue weighted by Crippen LogP contribution is -2.49. The van der Waals surface area contributed by atoms with Gasteiger partial charge in [-0.25, -0.2) is 13.1 Å². The molecule has 96 valence electrons. The maximum absolute atomic E-state index is 11.6. The first-order chi connectivity index (χ1) is 7.10. The lowest BCUT2D eigenvalue weighted by Gasteiger charge is -2.27. The van der Waals surface area contributed by atoms with Crippen LogP contribution in [-0.4, -0.2) is 31.3 Å². The number of hydrogen-bond donors (Lipinski definition) is 2. The zero-order chi connectivity index (χ0) is 13.0. The minimum Gasteiger partial charge on any atom is -0.480 e. The Hall–Kier alpha value is -0.620. The highest BCUT2D eigenvalue weighted by Crippen LogP contribution is 2.20. The van der Waals surface area contributed by atoms with Crippen LogP contribution < -0.4 is 4.72 Å². The summed E-state index contributed by atoms with van der Waals surface area (Å²) in [6, 6.07) is -1.09. The summed E-state index contributed by atoms with van der Waals surface area (Å²) in [5.41, 5.74) is -0.648. The van der Waals surface area contributed by atoms with Crippen LogP contribution in [0.25, 0.3) is 0 Å². The predicted octanol–water partition coefficient (Wildman–Crippen LogP) is 1.21. The quantitative estimate of drug-likeness (QED) is 0.743. The molecular formula is C10H21NO4S. The molecule has 16 heavy (non-hydrogen) atoms. The summed E-state index contributed by atoms with van der Waals surface area (Å²) in [7, 11) is -3.50. The second-order valence-corrected chi connectivity index (χ2v) is 6.80. The molecule has 0 unspecified atom stereocenters. The third-order valence-corrected chi connectivity index (χ3v) is 3.60. The zero-order valence-corrected chi connectivity index (χ0v) is 11.1. The number of nitrogens with one attached hydrogen (secondary N) is 1. The van der Waals surface area contributed by atoms with Crippen LogP contribution in [-0.2, 0) is 14.8 Å². The molecule has 0 saturated heterocycles. The Bertz CT molecular complexity index is 329. The van der Waals surface area contributed by atoms with Gasteiger partial charge < -0.3 is 5.11 Å². The summed E-state index contributed by atoms with van der Waals surface area (Å²) in [5.74, 6) is -1.17. The smallest absolute Gasteiger partial charge is 0.322 e. The van der Waals surface area contributed by atoms with Gasteiger partial charge in [0, 0.05) is 0 Å². The fraction of sp³-hybridized carbons (Fsp3) is 0.900. The van der Waals surface area contributed by atoms with Crippen LogP contribution >= 0.6 is 0 Å². The molecular weight excluding hydrogens is 230 g/mol. The normalized spacial score (nSPS) is 14.8. The van der Waals surface area contributed by atoms with Gasteiger partial charge in [-0.1, -0.05) is 34.1 Å². The highest BCUT2D eigenvalue weighted by molar-refractivity contribution is 7.89. The van der Waals surface area contributed by atoms with E-state index in [4.69, 9.17) is 5.11 Å². The highest BCUT2D eigenvalue weighted by Gasteiger charge is 2.34. The van der Waals surface area contributed by atoms with Crippen molar-refractivity contribution in [1.82, 2.24) is 4.72 Å². The number of carboxylic acid groups (broad SMARTS) is 1. The van der Waals surface area contributed by atoms with E-state index in [1.54, 1.807) is 20.8 Å². The largest absolute Gasteiger partial charge is 0.480 e. The molecule has 0 rings (SSSR count). The van der Waals surface area contributed by atoms with Gasteiger partial charge in [-0.15, -0.1) is 0 Å². The molecule has 0 amide bonds. The molecule has 0 bridgehead atoms. The molecule has 0 heterocycles. The Morgan fingerprint density at radius 2 is 1.88 bits per heavy atom. The third-order valence-electron chi connectivity index (χ3n) is 2.18. The second kappa shape index (κ2) is 5.63. The Kier molecular flexibility index (Phi) is 5.41. The van der Waals surface area contributed by atoms with Crippen molar-refractivity contribution in [3.05, 3.63) is 0 Å². The minimum absolute atomic E-state index is 0.0244. The van der Waals surface area contributed by atoms with Crippen molar-refractivity contribution in [2.45, 2.75) is 46.6 Å². The van der Waals surface area contributed by atoms with E-state index in [1.807, 2.05) is 6.92 Å². The molecule has 2 N–H and O–H groups in total. The second-order valence-electron chi connectivity index (χ2n) is 4.93. The lowest BCUT2D eigenvalue weighted by atomic mass is 9.88. The Labute approximate surface area is 97.3 Å². The van der Waals surface area contributed by atoms with Crippen LogP contribution in [0.2, 0.25) is 0 Å². The Morgan fingerprint density at radius 1 is 1.38 bits per heavy atom. The van der Waals surface area contributed by atoms with Crippen molar-refractivity contribution in [2.24, 2.45) is 5.41 Å². The van der Waals surface area contributed by atoms with Crippen LogP contribution in [0.15, 0.2) is 0 Å². The van der Waals surface area contributed by atoms with E-state index in [2.05, 4.69) is 4.72 Å². The number of carboxylic acids is 1. The number of sulfonamides is 1. The zero-order valence-electron chi connectivity index (χ0n) is 10.3. The number of rotatable bonds is 6. The number of unbranched alkanes of at least 4 members (excludes halogenated alkanes) is 1. The van der Waals surface area contributed by atoms with Crippen LogP contribution in [0.5, 0.6) is 0 Å². The van der Waals surface area contributed by atoms with Crippen molar-refractivity contribution in [2.75, 3.05) is 5.75 Å². The van der Waals surface area contributed by atoms with Gasteiger partial charge in [0.2, 0.25) is 10.0 Å². The van der Waals surface area contributed by atoms with Crippen LogP contribution in [0.1, 0.15) is 40.5 Å². The Balaban J connectivity index is 4.71. The number of aliphatic carboxylic acids is 1. The molecule has 6 heteroatoms. The van der Waals surface area contributed by atoms with Crippen molar-refractivity contribution in [1.29, 1.82) is 0 Å². The van der Waals surface area contributed by atoms with Crippen LogP contribution in [0, 0.1) is 5.41 Å². The van der Waals surface area contributed by atoms with Crippen LogP contribution in [0.3, 0.4) is 0 Å². The maximum atomic E-state index is 11.6. The summed E-state index contributed by atoms with van der Waals surface area (Å²) in [6.07, 6.45) is 1.29. The van der Waals surface area contributed by atoms with E-state index in [-0.39, 0.29) is 5.75 Å². The molecule has 0 aliphatic rings. The summed E-state index contributed by atoms with van der Waals surface area (Å²) >= 11 is 0. The van der Waals surface area contributed by atoms with Crippen molar-refractivity contribution >= 4 is 16.0 Å². The van der Waals surface area contributed by atoms with E-state index >= 15 is 0 Å². The maximum Gasteiger partial charge on any atom is 0.322 e. The molecule has 0 aliphatic carbocycles. The molecule has 0 aromatic rings. The van der Waals surface area contributed by atoms with Crippen molar-refractivity contribution in [3.8, 4) is 0 Å². The first-order valence-electron chi connectivity index (χ1n) is 5.33. The monoisotopic (exact) mass is 251 g/mol. The fourth-order valence-electron chi connectivity index (χ4n) is 1.17. The lowest BCUT2D eigenvalue weighted by molar-refractivity contribution is -0.141. The van der Waals surface area contributed by atoms with Gasteiger partial charge in [0.05, 0.1) is 5.75 Å². The molecule has 0 saturated carbocycles. The topological polar surface area (TPSA) is 83.5 Å². The van der Waals surface area contributed by atoms with Gasteiger partial charge >= 0.3 is 5.97 Å². The average molecular weight is 251 g/mol. The first-order valence-corrected chi connectivity index (χ1v) is 6.98. The molecule has 0 aromatic carbocycles. The third kappa shape index (κ3) is 5.46. The van der Waals surface area contributed by atoms with Crippen molar-refractivity contribution in [3.63, 3.8) is 0 Å². The highest BCUT2D eigenvalue weighted by atomic mass is 32.2. The average Bonchev–Trinajstić information content (AvgIpc) is 2.09. The van der Waals surface area contributed by atoms with Gasteiger partial charge in [-0.3, -0.25) is 4.79 Å². The van der Waals surface area contributed by atoms with Gasteiger partial charge in [0.15, 0.2) is 0 Å². The minimum atomic E-state index is -3.50. The SMILES string of the molecule is CCCCS(=O)(=O)N[C@H](C(=O)O)C(C)(C)C. The molecule has 0 aliphatic heterocycles. The van der Waals surface area contributed by atoms with Crippen molar-refractivity contribution < 1.29 is 18.3 Å². The summed E-state index contributed by atoms with van der Waals surface area (Å²) in [4.78, 5) is 11.0. The Morgan fingerprint density at radius 3 is 2.19 bits per heavy atom. The number of carbonyl (C=O) groups is 1. The summed E-state index contributed by atoms with van der Waals surface area (Å²) in [6.45, 7) is 6.95. The molecule has 5 nitrogen and oxygen atoms in total. The van der Waals surface area contributed by atoms with Gasteiger partial charge in [-0.2, -0.15) is 0 Å². The summed E-state index contributed by atoms with van der Waals surface area (Å²) < 4.78 is 25.4. The molecule has 0 radical (unpaired) electrons. The molecule has 0 spiro atoms. The molecule has 0 fully saturated rings. The van der Waals surface area contributed by atoms with Gasteiger partial charge in [0.1, 0.15) is 6.04 Å². The predicted molar refractivity (Wildman–Crippen MR) is 62.7 cm³/mol. The standard InChI is InChI=1S/C10H21NO4S/c1-5-6-7-16(14,15)11-8(9(12)13)10(2,3)4/h8,11H,5-7H2,1-4H3,(H,12,13)/t8-/m1/s1. The van der Waals surface area contributed by atoms with E-state index in [0.29, 0.717) is 6.42 Å². The first kappa shape index (κ1) is 15.4.